The zero-order chi connectivity index (χ0) is 22.3. The molecule has 2 bridgehead atoms. The van der Waals surface area contributed by atoms with Gasteiger partial charge in [0, 0.05) is 52.0 Å². The summed E-state index contributed by atoms with van der Waals surface area (Å²) in [6.07, 6.45) is 5.85. The van der Waals surface area contributed by atoms with E-state index in [1.165, 1.54) is 18.4 Å². The summed E-state index contributed by atoms with van der Waals surface area (Å²) in [5.74, 6) is 2.64. The highest BCUT2D eigenvalue weighted by Gasteiger charge is 2.40. The lowest BCUT2D eigenvalue weighted by atomic mass is 9.96. The minimum atomic E-state index is 0.439. The maximum absolute atomic E-state index is 5.19. The number of nitrogens with one attached hydrogen (secondary N) is 2. The van der Waals surface area contributed by atoms with Crippen LogP contribution in [0, 0.1) is 6.92 Å². The molecule has 2 unspecified atom stereocenters. The summed E-state index contributed by atoms with van der Waals surface area (Å²) in [6, 6.07) is 12.6. The van der Waals surface area contributed by atoms with Crippen molar-refractivity contribution in [2.75, 3.05) is 20.3 Å². The molecule has 0 amide bonds. The number of ether oxygens (including phenoxy) is 1. The molecule has 2 aliphatic rings. The predicted octanol–water partition coefficient (Wildman–Crippen LogP) is 2.39. The van der Waals surface area contributed by atoms with Crippen molar-refractivity contribution in [1.29, 1.82) is 0 Å². The first-order valence-electron chi connectivity index (χ1n) is 11.8. The number of aromatic nitrogens is 3. The third kappa shape index (κ3) is 5.66. The lowest BCUT2D eigenvalue weighted by molar-refractivity contribution is 0.114. The number of nitrogens with zero attached hydrogens (tertiary/aromatic N) is 5. The van der Waals surface area contributed by atoms with Gasteiger partial charge in [0.15, 0.2) is 11.8 Å². The smallest absolute Gasteiger partial charge is 0.191 e. The summed E-state index contributed by atoms with van der Waals surface area (Å²) in [7, 11) is 3.72. The number of hydrogen-bond donors (Lipinski definition) is 2. The van der Waals surface area contributed by atoms with Crippen molar-refractivity contribution in [3.63, 3.8) is 0 Å². The molecule has 0 radical (unpaired) electrons. The van der Waals surface area contributed by atoms with E-state index in [0.717, 1.165) is 56.6 Å². The van der Waals surface area contributed by atoms with E-state index in [9.17, 15) is 0 Å². The Kier molecular flexibility index (Phi) is 7.76. The van der Waals surface area contributed by atoms with E-state index in [1.807, 2.05) is 18.5 Å². The van der Waals surface area contributed by atoms with Crippen molar-refractivity contribution in [3.05, 3.63) is 47.5 Å². The first-order chi connectivity index (χ1) is 15.6. The Hall–Kier alpha value is -2.45. The molecule has 0 aliphatic carbocycles. The molecule has 0 spiro atoms. The maximum atomic E-state index is 5.19. The SMILES string of the molecule is COCCCNC(=NCc1nnc(C)n1C)NC1CC2CCC(C1)N2Cc1ccccc1. The number of hydrogen-bond acceptors (Lipinski definition) is 5. The zero-order valence-electron chi connectivity index (χ0n) is 19.6. The van der Waals surface area contributed by atoms with E-state index in [4.69, 9.17) is 9.73 Å². The second-order valence-corrected chi connectivity index (χ2v) is 9.02. The summed E-state index contributed by atoms with van der Waals surface area (Å²) in [5, 5.41) is 15.6. The van der Waals surface area contributed by atoms with E-state index < -0.39 is 0 Å². The quantitative estimate of drug-likeness (QED) is 0.355. The topological polar surface area (TPSA) is 79.6 Å². The lowest BCUT2D eigenvalue weighted by Gasteiger charge is -2.39. The van der Waals surface area contributed by atoms with Crippen molar-refractivity contribution in [2.24, 2.45) is 12.0 Å². The Morgan fingerprint density at radius 2 is 1.91 bits per heavy atom. The molecule has 0 saturated carbocycles. The first kappa shape index (κ1) is 22.7. The Labute approximate surface area is 191 Å². The molecule has 2 saturated heterocycles. The molecular weight excluding hydrogens is 402 g/mol. The lowest BCUT2D eigenvalue weighted by Crippen LogP contribution is -2.52. The number of aliphatic imine (C=N–C) groups is 1. The zero-order valence-corrected chi connectivity index (χ0v) is 19.6. The Balaban J connectivity index is 1.37. The number of guanidine groups is 1. The normalized spacial score (nSPS) is 23.5. The van der Waals surface area contributed by atoms with Crippen LogP contribution >= 0.6 is 0 Å². The molecule has 2 aromatic rings. The maximum Gasteiger partial charge on any atom is 0.191 e. The van der Waals surface area contributed by atoms with Gasteiger partial charge in [-0.2, -0.15) is 0 Å². The van der Waals surface area contributed by atoms with Crippen LogP contribution < -0.4 is 10.6 Å². The van der Waals surface area contributed by atoms with Gasteiger partial charge in [-0.1, -0.05) is 30.3 Å². The Morgan fingerprint density at radius 3 is 2.56 bits per heavy atom. The van der Waals surface area contributed by atoms with E-state index in [1.54, 1.807) is 7.11 Å². The van der Waals surface area contributed by atoms with Gasteiger partial charge in [0.1, 0.15) is 12.4 Å². The highest BCUT2D eigenvalue weighted by atomic mass is 16.5. The average Bonchev–Trinajstić information content (AvgIpc) is 3.23. The van der Waals surface area contributed by atoms with Gasteiger partial charge in [-0.05, 0) is 44.6 Å². The van der Waals surface area contributed by atoms with Crippen molar-refractivity contribution < 1.29 is 4.74 Å². The number of piperidine rings is 1. The standard InChI is InChI=1S/C24H37N7O/c1-18-28-29-23(30(18)2)16-26-24(25-12-7-13-32-3)27-20-14-21-10-11-22(15-20)31(21)17-19-8-5-4-6-9-19/h4-6,8-9,20-22H,7,10-17H2,1-3H3,(H2,25,26,27). The van der Waals surface area contributed by atoms with Gasteiger partial charge in [-0.3, -0.25) is 4.90 Å². The van der Waals surface area contributed by atoms with E-state index in [0.29, 0.717) is 24.7 Å². The summed E-state index contributed by atoms with van der Waals surface area (Å²) < 4.78 is 7.19. The molecule has 1 aromatic heterocycles. The van der Waals surface area contributed by atoms with Gasteiger partial charge in [0.2, 0.25) is 0 Å². The molecule has 2 atom stereocenters. The van der Waals surface area contributed by atoms with Crippen LogP contribution in [0.5, 0.6) is 0 Å². The Bertz CT molecular complexity index is 868. The van der Waals surface area contributed by atoms with Gasteiger partial charge in [-0.15, -0.1) is 10.2 Å². The minimum Gasteiger partial charge on any atom is -0.385 e. The van der Waals surface area contributed by atoms with E-state index in [-0.39, 0.29) is 0 Å². The molecule has 32 heavy (non-hydrogen) atoms. The second kappa shape index (κ2) is 10.9. The number of aryl methyl sites for hydroxylation is 1. The number of benzene rings is 1. The van der Waals surface area contributed by atoms with Gasteiger partial charge in [-0.25, -0.2) is 4.99 Å². The van der Waals surface area contributed by atoms with Crippen LogP contribution in [-0.4, -0.2) is 64.0 Å². The fourth-order valence-electron chi connectivity index (χ4n) is 4.95. The third-order valence-corrected chi connectivity index (χ3v) is 6.81. The van der Waals surface area contributed by atoms with Crippen LogP contribution in [0.15, 0.2) is 35.3 Å². The molecule has 2 fully saturated rings. The summed E-state index contributed by atoms with van der Waals surface area (Å²) in [4.78, 5) is 7.55. The van der Waals surface area contributed by atoms with Crippen LogP contribution in [0.25, 0.3) is 0 Å². The molecule has 4 rings (SSSR count). The summed E-state index contributed by atoms with van der Waals surface area (Å²) in [6.45, 7) is 5.10. The Morgan fingerprint density at radius 1 is 1.16 bits per heavy atom. The van der Waals surface area contributed by atoms with E-state index in [2.05, 4.69) is 56.1 Å². The van der Waals surface area contributed by atoms with Crippen LogP contribution in [-0.2, 0) is 24.9 Å². The molecule has 8 heteroatoms. The molecule has 174 valence electrons. The second-order valence-electron chi connectivity index (χ2n) is 9.02. The monoisotopic (exact) mass is 439 g/mol. The summed E-state index contributed by atoms with van der Waals surface area (Å²) >= 11 is 0. The fourth-order valence-corrected chi connectivity index (χ4v) is 4.95. The fraction of sp³-hybridized carbons (Fsp3) is 0.625. The number of methoxy groups -OCH3 is 1. The molecular formula is C24H37N7O. The predicted molar refractivity (Wildman–Crippen MR) is 126 cm³/mol. The van der Waals surface area contributed by atoms with Crippen LogP contribution in [0.1, 0.15) is 49.3 Å². The van der Waals surface area contributed by atoms with Crippen molar-refractivity contribution >= 4 is 5.96 Å². The van der Waals surface area contributed by atoms with Crippen LogP contribution in [0.2, 0.25) is 0 Å². The molecule has 2 aliphatic heterocycles. The van der Waals surface area contributed by atoms with Crippen molar-refractivity contribution in [3.8, 4) is 0 Å². The molecule has 8 nitrogen and oxygen atoms in total. The molecule has 3 heterocycles. The van der Waals surface area contributed by atoms with Crippen LogP contribution in [0.3, 0.4) is 0 Å². The van der Waals surface area contributed by atoms with Crippen molar-refractivity contribution in [1.82, 2.24) is 30.3 Å². The minimum absolute atomic E-state index is 0.439. The molecule has 1 aromatic carbocycles. The number of fused-ring (bicyclic) bond motifs is 2. The largest absolute Gasteiger partial charge is 0.385 e. The van der Waals surface area contributed by atoms with Gasteiger partial charge >= 0.3 is 0 Å². The third-order valence-electron chi connectivity index (χ3n) is 6.81. The number of rotatable bonds is 9. The van der Waals surface area contributed by atoms with Gasteiger partial charge in [0.05, 0.1) is 0 Å². The average molecular weight is 440 g/mol. The molecule has 2 N–H and O–H groups in total. The van der Waals surface area contributed by atoms with Gasteiger partial charge < -0.3 is 19.9 Å². The first-order valence-corrected chi connectivity index (χ1v) is 11.8. The highest BCUT2D eigenvalue weighted by molar-refractivity contribution is 5.80. The van der Waals surface area contributed by atoms with E-state index >= 15 is 0 Å². The van der Waals surface area contributed by atoms with Crippen LogP contribution in [0.4, 0.5) is 0 Å². The highest BCUT2D eigenvalue weighted by Crippen LogP contribution is 2.36. The van der Waals surface area contributed by atoms with Crippen molar-refractivity contribution in [2.45, 2.75) is 70.2 Å². The summed E-state index contributed by atoms with van der Waals surface area (Å²) in [5.41, 5.74) is 1.41. The van der Waals surface area contributed by atoms with Gasteiger partial charge in [0.25, 0.3) is 0 Å².